The van der Waals surface area contributed by atoms with Crippen molar-refractivity contribution in [3.63, 3.8) is 0 Å². The monoisotopic (exact) mass is 554 g/mol. The summed E-state index contributed by atoms with van der Waals surface area (Å²) in [5, 5.41) is 35.2. The number of hydrogen-bond donors (Lipinski definition) is 3. The van der Waals surface area contributed by atoms with E-state index in [1.54, 1.807) is 26.0 Å². The first-order valence-corrected chi connectivity index (χ1v) is 14.1. The van der Waals surface area contributed by atoms with Gasteiger partial charge in [-0.3, -0.25) is 14.4 Å². The molecule has 1 saturated carbocycles. The van der Waals surface area contributed by atoms with Gasteiger partial charge in [-0.1, -0.05) is 88.2 Å². The van der Waals surface area contributed by atoms with Crippen LogP contribution >= 0.6 is 0 Å². The van der Waals surface area contributed by atoms with E-state index in [2.05, 4.69) is 0 Å². The van der Waals surface area contributed by atoms with Gasteiger partial charge in [-0.05, 0) is 61.3 Å². The predicted octanol–water partition coefficient (Wildman–Crippen LogP) is 6.25. The fourth-order valence-corrected chi connectivity index (χ4v) is 8.42. The number of allylic oxidation sites excluding steroid dienone is 2. The van der Waals surface area contributed by atoms with Gasteiger partial charge in [0.1, 0.15) is 11.5 Å². The van der Waals surface area contributed by atoms with E-state index in [9.17, 15) is 29.7 Å². The number of phenolic OH excluding ortho intramolecular Hbond substituents is 1. The fourth-order valence-electron chi connectivity index (χ4n) is 8.42. The number of aromatic hydroxyl groups is 1. The second-order valence-electron chi connectivity index (χ2n) is 12.8. The maximum absolute atomic E-state index is 14.8. The first kappa shape index (κ1) is 28.7. The van der Waals surface area contributed by atoms with E-state index in [1.165, 1.54) is 13.0 Å². The molecule has 5 rings (SSSR count). The van der Waals surface area contributed by atoms with Gasteiger partial charge in [0.2, 0.25) is 11.6 Å². The SMILES string of the molecule is CC(=O)C1=C(C)[C@@H](C(C)C)[C@]2(C)[C@@H](C)[C@@]3(C)C(=C(O)c4c(O)cccc4/C3=C\c3ccc(C)cc3)C(=O)[C@]2(O)C1=O. The lowest BCUT2D eigenvalue weighted by atomic mass is 9.38. The Morgan fingerprint density at radius 1 is 0.976 bits per heavy atom. The van der Waals surface area contributed by atoms with Crippen molar-refractivity contribution in [2.24, 2.45) is 28.6 Å². The summed E-state index contributed by atoms with van der Waals surface area (Å²) in [6.07, 6.45) is 1.96. The number of benzene rings is 2. The van der Waals surface area contributed by atoms with Gasteiger partial charge in [0.05, 0.1) is 16.7 Å². The molecule has 6 nitrogen and oxygen atoms in total. The zero-order chi connectivity index (χ0) is 30.4. The molecule has 0 heterocycles. The molecule has 0 aliphatic heterocycles. The number of ketones is 3. The molecule has 6 heteroatoms. The molecule has 0 unspecified atom stereocenters. The number of fused-ring (bicyclic) bond motifs is 3. The molecule has 5 atom stereocenters. The molecule has 3 N–H and O–H groups in total. The minimum atomic E-state index is -2.60. The molecule has 2 aromatic rings. The van der Waals surface area contributed by atoms with Crippen molar-refractivity contribution in [2.45, 2.75) is 61.0 Å². The van der Waals surface area contributed by atoms with E-state index in [0.717, 1.165) is 11.1 Å². The van der Waals surface area contributed by atoms with E-state index in [0.29, 0.717) is 16.7 Å². The first-order chi connectivity index (χ1) is 19.1. The summed E-state index contributed by atoms with van der Waals surface area (Å²) < 4.78 is 0. The summed E-state index contributed by atoms with van der Waals surface area (Å²) in [5.41, 5.74) is -1.52. The van der Waals surface area contributed by atoms with Crippen LogP contribution in [-0.2, 0) is 14.4 Å². The minimum absolute atomic E-state index is 0.0771. The maximum atomic E-state index is 14.8. The zero-order valence-corrected chi connectivity index (χ0v) is 24.9. The Morgan fingerprint density at radius 2 is 1.59 bits per heavy atom. The highest BCUT2D eigenvalue weighted by molar-refractivity contribution is 6.34. The Morgan fingerprint density at radius 3 is 2.15 bits per heavy atom. The van der Waals surface area contributed by atoms with Crippen LogP contribution in [0, 0.1) is 35.5 Å². The number of aliphatic hydroxyl groups excluding tert-OH is 1. The standard InChI is InChI=1S/C35H38O6/c1-17(2)28-19(4)26(20(5)36)31(39)35(41)32(40)29-30(38)27-23(10-9-11-25(27)37)24(16-22-14-12-18(3)13-15-22)33(29,7)21(6)34(28,35)8/h9-17,21,28,37-38,41H,1-8H3/b24-16+/t21-,28+,33+,34-,35+/m0/s1. The number of rotatable bonds is 3. The number of hydrogen-bond acceptors (Lipinski definition) is 6. The summed E-state index contributed by atoms with van der Waals surface area (Å²) in [7, 11) is 0. The summed E-state index contributed by atoms with van der Waals surface area (Å²) in [5.74, 6) is -4.24. The number of aliphatic hydroxyl groups is 2. The van der Waals surface area contributed by atoms with Crippen LogP contribution in [0.4, 0.5) is 0 Å². The van der Waals surface area contributed by atoms with Gasteiger partial charge in [-0.25, -0.2) is 0 Å². The minimum Gasteiger partial charge on any atom is -0.507 e. The van der Waals surface area contributed by atoms with Crippen LogP contribution in [0.5, 0.6) is 5.75 Å². The van der Waals surface area contributed by atoms with Crippen molar-refractivity contribution >= 4 is 34.8 Å². The Hall–Kier alpha value is -3.77. The average molecular weight is 555 g/mol. The van der Waals surface area contributed by atoms with Gasteiger partial charge in [-0.15, -0.1) is 0 Å². The van der Waals surface area contributed by atoms with Crippen LogP contribution in [0.2, 0.25) is 0 Å². The highest BCUT2D eigenvalue weighted by Crippen LogP contribution is 2.70. The highest BCUT2D eigenvalue weighted by atomic mass is 16.3. The molecule has 0 radical (unpaired) electrons. The predicted molar refractivity (Wildman–Crippen MR) is 159 cm³/mol. The quantitative estimate of drug-likeness (QED) is 0.306. The molecular formula is C35H38O6. The number of Topliss-reactive ketones (excluding diaryl/α,β-unsaturated/α-hetero) is 3. The van der Waals surface area contributed by atoms with Gasteiger partial charge in [-0.2, -0.15) is 0 Å². The van der Waals surface area contributed by atoms with Gasteiger partial charge in [0.15, 0.2) is 11.4 Å². The van der Waals surface area contributed by atoms with E-state index >= 15 is 0 Å². The largest absolute Gasteiger partial charge is 0.507 e. The van der Waals surface area contributed by atoms with E-state index in [1.807, 2.05) is 65.0 Å². The number of phenols is 1. The molecule has 1 fully saturated rings. The van der Waals surface area contributed by atoms with Crippen LogP contribution in [0.15, 0.2) is 59.2 Å². The van der Waals surface area contributed by atoms with Crippen LogP contribution in [0.1, 0.15) is 70.7 Å². The summed E-state index contributed by atoms with van der Waals surface area (Å²) >= 11 is 0. The number of aryl methyl sites for hydroxylation is 1. The van der Waals surface area contributed by atoms with Crippen LogP contribution in [0.25, 0.3) is 17.4 Å². The third kappa shape index (κ3) is 3.43. The number of carbonyl (C=O) groups is 3. The molecule has 2 aromatic carbocycles. The van der Waals surface area contributed by atoms with Gasteiger partial charge in [0.25, 0.3) is 0 Å². The average Bonchev–Trinajstić information content (AvgIpc) is 2.89. The topological polar surface area (TPSA) is 112 Å². The molecule has 0 amide bonds. The fraction of sp³-hybridized carbons (Fsp3) is 0.400. The van der Waals surface area contributed by atoms with Crippen molar-refractivity contribution in [3.05, 3.63) is 81.4 Å². The summed E-state index contributed by atoms with van der Waals surface area (Å²) in [6.45, 7) is 14.5. The summed E-state index contributed by atoms with van der Waals surface area (Å²) in [4.78, 5) is 41.7. The van der Waals surface area contributed by atoms with Crippen molar-refractivity contribution in [1.82, 2.24) is 0 Å². The van der Waals surface area contributed by atoms with Crippen LogP contribution in [0.3, 0.4) is 0 Å². The first-order valence-electron chi connectivity index (χ1n) is 14.1. The normalized spacial score (nSPS) is 32.3. The van der Waals surface area contributed by atoms with Gasteiger partial charge < -0.3 is 15.3 Å². The number of carbonyl (C=O) groups excluding carboxylic acids is 3. The second kappa shape index (κ2) is 9.12. The van der Waals surface area contributed by atoms with E-state index < -0.39 is 51.4 Å². The Bertz CT molecular complexity index is 1620. The third-order valence-electron chi connectivity index (χ3n) is 10.5. The van der Waals surface area contributed by atoms with Gasteiger partial charge in [0, 0.05) is 10.8 Å². The van der Waals surface area contributed by atoms with E-state index in [4.69, 9.17) is 0 Å². The van der Waals surface area contributed by atoms with Crippen molar-refractivity contribution in [3.8, 4) is 5.75 Å². The molecular weight excluding hydrogens is 516 g/mol. The molecule has 3 aliphatic carbocycles. The molecule has 0 bridgehead atoms. The third-order valence-corrected chi connectivity index (χ3v) is 10.5. The summed E-state index contributed by atoms with van der Waals surface area (Å²) in [6, 6.07) is 12.8. The Balaban J connectivity index is 1.94. The zero-order valence-electron chi connectivity index (χ0n) is 24.9. The molecule has 41 heavy (non-hydrogen) atoms. The lowest BCUT2D eigenvalue weighted by Crippen LogP contribution is -2.73. The Kier molecular flexibility index (Phi) is 6.39. The van der Waals surface area contributed by atoms with Crippen LogP contribution in [-0.4, -0.2) is 38.3 Å². The van der Waals surface area contributed by atoms with Crippen LogP contribution < -0.4 is 0 Å². The lowest BCUT2D eigenvalue weighted by Gasteiger charge is -2.64. The molecule has 0 saturated heterocycles. The van der Waals surface area contributed by atoms with Crippen molar-refractivity contribution in [1.29, 1.82) is 0 Å². The molecule has 0 aromatic heterocycles. The Labute approximate surface area is 241 Å². The van der Waals surface area contributed by atoms with Crippen molar-refractivity contribution < 1.29 is 29.7 Å². The van der Waals surface area contributed by atoms with Gasteiger partial charge >= 0.3 is 0 Å². The molecule has 3 aliphatic rings. The molecule has 214 valence electrons. The van der Waals surface area contributed by atoms with E-state index in [-0.39, 0.29) is 28.4 Å². The van der Waals surface area contributed by atoms with Crippen molar-refractivity contribution in [2.75, 3.05) is 0 Å². The smallest absolute Gasteiger partial charge is 0.206 e. The highest BCUT2D eigenvalue weighted by Gasteiger charge is 2.75. The lowest BCUT2D eigenvalue weighted by molar-refractivity contribution is -0.189. The second-order valence-corrected chi connectivity index (χ2v) is 12.8. The maximum Gasteiger partial charge on any atom is 0.206 e. The molecule has 0 spiro atoms.